The molecule has 0 unspecified atom stereocenters. The van der Waals surface area contributed by atoms with Crippen molar-refractivity contribution >= 4 is 23.6 Å². The zero-order valence-electron chi connectivity index (χ0n) is 10.4. The van der Waals surface area contributed by atoms with Crippen LogP contribution in [-0.2, 0) is 5.41 Å². The topological polar surface area (TPSA) is 98.7 Å². The molecule has 0 aliphatic carbocycles. The predicted octanol–water partition coefficient (Wildman–Crippen LogP) is 3.16. The molecule has 18 heavy (non-hydrogen) atoms. The molecule has 0 fully saturated rings. The maximum atomic E-state index is 10.7. The number of benzene rings is 1. The van der Waals surface area contributed by atoms with Crippen molar-refractivity contribution in [2.45, 2.75) is 26.2 Å². The van der Waals surface area contributed by atoms with Gasteiger partial charge in [0, 0.05) is 0 Å². The van der Waals surface area contributed by atoms with E-state index in [4.69, 9.17) is 10.2 Å². The maximum Gasteiger partial charge on any atom is 0.409 e. The summed E-state index contributed by atoms with van der Waals surface area (Å²) in [6, 6.07) is 4.93. The van der Waals surface area contributed by atoms with Crippen molar-refractivity contribution in [1.82, 2.24) is 0 Å². The minimum atomic E-state index is -1.24. The van der Waals surface area contributed by atoms with Crippen molar-refractivity contribution in [1.29, 1.82) is 0 Å². The van der Waals surface area contributed by atoms with Crippen molar-refractivity contribution < 1.29 is 19.8 Å². The third-order valence-corrected chi connectivity index (χ3v) is 2.37. The van der Waals surface area contributed by atoms with E-state index >= 15 is 0 Å². The second kappa shape index (κ2) is 4.95. The van der Waals surface area contributed by atoms with Gasteiger partial charge in [-0.15, -0.1) is 0 Å². The van der Waals surface area contributed by atoms with Crippen molar-refractivity contribution in [3.63, 3.8) is 0 Å². The molecule has 0 aliphatic rings. The molecule has 2 amide bonds. The molecular weight excluding hydrogens is 236 g/mol. The number of amides is 2. The molecule has 98 valence electrons. The van der Waals surface area contributed by atoms with Gasteiger partial charge < -0.3 is 10.2 Å². The van der Waals surface area contributed by atoms with Crippen LogP contribution in [0.4, 0.5) is 21.0 Å². The van der Waals surface area contributed by atoms with Crippen LogP contribution >= 0.6 is 0 Å². The first-order chi connectivity index (χ1) is 8.20. The quantitative estimate of drug-likeness (QED) is 0.649. The summed E-state index contributed by atoms with van der Waals surface area (Å²) in [5.74, 6) is 0. The van der Waals surface area contributed by atoms with Crippen molar-refractivity contribution in [2.24, 2.45) is 0 Å². The van der Waals surface area contributed by atoms with Crippen LogP contribution < -0.4 is 10.6 Å². The second-order valence-electron chi connectivity index (χ2n) is 4.87. The number of carboxylic acid groups (broad SMARTS) is 2. The Morgan fingerprint density at radius 2 is 1.50 bits per heavy atom. The van der Waals surface area contributed by atoms with E-state index in [9.17, 15) is 9.59 Å². The highest BCUT2D eigenvalue weighted by Gasteiger charge is 2.17. The summed E-state index contributed by atoms with van der Waals surface area (Å²) in [5.41, 5.74) is 1.17. The van der Waals surface area contributed by atoms with Crippen LogP contribution in [0, 0.1) is 0 Å². The Balaban J connectivity index is 3.20. The van der Waals surface area contributed by atoms with Crippen LogP contribution in [0.2, 0.25) is 0 Å². The molecule has 0 aliphatic heterocycles. The Morgan fingerprint density at radius 1 is 1.00 bits per heavy atom. The lowest BCUT2D eigenvalue weighted by Gasteiger charge is -2.21. The first-order valence-corrected chi connectivity index (χ1v) is 5.34. The van der Waals surface area contributed by atoms with E-state index in [1.54, 1.807) is 18.2 Å². The largest absolute Gasteiger partial charge is 0.465 e. The highest BCUT2D eigenvalue weighted by Crippen LogP contribution is 2.30. The first kappa shape index (κ1) is 13.8. The lowest BCUT2D eigenvalue weighted by molar-refractivity contribution is 0.208. The van der Waals surface area contributed by atoms with Crippen LogP contribution in [0.3, 0.4) is 0 Å². The molecule has 0 saturated heterocycles. The zero-order valence-corrected chi connectivity index (χ0v) is 10.4. The van der Waals surface area contributed by atoms with E-state index in [1.165, 1.54) is 0 Å². The van der Waals surface area contributed by atoms with Gasteiger partial charge >= 0.3 is 12.2 Å². The lowest BCUT2D eigenvalue weighted by atomic mass is 9.86. The molecule has 1 rings (SSSR count). The zero-order chi connectivity index (χ0) is 13.9. The van der Waals surface area contributed by atoms with E-state index < -0.39 is 12.2 Å². The van der Waals surface area contributed by atoms with Crippen LogP contribution in [0.5, 0.6) is 0 Å². The summed E-state index contributed by atoms with van der Waals surface area (Å²) in [6.45, 7) is 5.95. The molecule has 6 heteroatoms. The van der Waals surface area contributed by atoms with Gasteiger partial charge in [-0.1, -0.05) is 26.8 Å². The van der Waals surface area contributed by atoms with Gasteiger partial charge in [0.2, 0.25) is 0 Å². The Labute approximate surface area is 105 Å². The van der Waals surface area contributed by atoms with Gasteiger partial charge in [0.25, 0.3) is 0 Å². The third-order valence-electron chi connectivity index (χ3n) is 2.37. The maximum absolute atomic E-state index is 10.7. The lowest BCUT2D eigenvalue weighted by Crippen LogP contribution is -2.16. The fraction of sp³-hybridized carbons (Fsp3) is 0.333. The smallest absolute Gasteiger partial charge is 0.409 e. The molecular formula is C12H16N2O4. The Kier molecular flexibility index (Phi) is 3.80. The van der Waals surface area contributed by atoms with Crippen LogP contribution in [0.15, 0.2) is 18.2 Å². The normalized spacial score (nSPS) is 10.8. The minimum Gasteiger partial charge on any atom is -0.465 e. The standard InChI is InChI=1S/C12H16N2O4/c1-12(2,3)7-4-5-8(13-10(15)16)9(6-7)14-11(17)18/h4-6,13-14H,1-3H3,(H,15,16)(H,17,18). The van der Waals surface area contributed by atoms with Gasteiger partial charge in [0.05, 0.1) is 11.4 Å². The monoisotopic (exact) mass is 252 g/mol. The summed E-state index contributed by atoms with van der Waals surface area (Å²) in [4.78, 5) is 21.3. The second-order valence-corrected chi connectivity index (χ2v) is 4.87. The Bertz CT molecular complexity index is 477. The molecule has 0 atom stereocenters. The third kappa shape index (κ3) is 3.65. The van der Waals surface area contributed by atoms with Crippen molar-refractivity contribution in [3.05, 3.63) is 23.8 Å². The summed E-state index contributed by atoms with van der Waals surface area (Å²) < 4.78 is 0. The van der Waals surface area contributed by atoms with E-state index in [2.05, 4.69) is 10.6 Å². The van der Waals surface area contributed by atoms with E-state index in [0.717, 1.165) is 5.56 Å². The average molecular weight is 252 g/mol. The molecule has 0 heterocycles. The van der Waals surface area contributed by atoms with E-state index in [0.29, 0.717) is 0 Å². The minimum absolute atomic E-state index is 0.156. The number of nitrogens with one attached hydrogen (secondary N) is 2. The molecule has 0 spiro atoms. The highest BCUT2D eigenvalue weighted by molar-refractivity contribution is 5.94. The van der Waals surface area contributed by atoms with Crippen LogP contribution in [0.25, 0.3) is 0 Å². The molecule has 0 aromatic heterocycles. The fourth-order valence-corrected chi connectivity index (χ4v) is 1.45. The van der Waals surface area contributed by atoms with Crippen molar-refractivity contribution in [3.8, 4) is 0 Å². The number of rotatable bonds is 2. The van der Waals surface area contributed by atoms with Crippen LogP contribution in [0.1, 0.15) is 26.3 Å². The molecule has 6 nitrogen and oxygen atoms in total. The molecule has 0 saturated carbocycles. The van der Waals surface area contributed by atoms with Gasteiger partial charge in [0.1, 0.15) is 0 Å². The number of hydrogen-bond donors (Lipinski definition) is 4. The summed E-state index contributed by atoms with van der Waals surface area (Å²) in [6.07, 6.45) is -2.48. The van der Waals surface area contributed by atoms with Gasteiger partial charge in [-0.3, -0.25) is 10.6 Å². The van der Waals surface area contributed by atoms with E-state index in [-0.39, 0.29) is 16.8 Å². The number of hydrogen-bond acceptors (Lipinski definition) is 2. The van der Waals surface area contributed by atoms with Gasteiger partial charge in [-0.2, -0.15) is 0 Å². The number of carbonyl (C=O) groups is 2. The molecule has 4 N–H and O–H groups in total. The van der Waals surface area contributed by atoms with Crippen LogP contribution in [-0.4, -0.2) is 22.4 Å². The molecule has 0 radical (unpaired) electrons. The Hall–Kier alpha value is -2.24. The van der Waals surface area contributed by atoms with Gasteiger partial charge in [0.15, 0.2) is 0 Å². The summed E-state index contributed by atoms with van der Waals surface area (Å²) >= 11 is 0. The van der Waals surface area contributed by atoms with E-state index in [1.807, 2.05) is 20.8 Å². The molecule has 1 aromatic rings. The van der Waals surface area contributed by atoms with Gasteiger partial charge in [-0.05, 0) is 23.1 Å². The SMILES string of the molecule is CC(C)(C)c1ccc(NC(=O)O)c(NC(=O)O)c1. The number of anilines is 2. The summed E-state index contributed by atoms with van der Waals surface area (Å²) in [5, 5.41) is 21.7. The predicted molar refractivity (Wildman–Crippen MR) is 68.4 cm³/mol. The molecule has 0 bridgehead atoms. The van der Waals surface area contributed by atoms with Gasteiger partial charge in [-0.25, -0.2) is 9.59 Å². The average Bonchev–Trinajstić information content (AvgIpc) is 2.17. The molecule has 1 aromatic carbocycles. The summed E-state index contributed by atoms with van der Waals surface area (Å²) in [7, 11) is 0. The van der Waals surface area contributed by atoms with Crippen molar-refractivity contribution in [2.75, 3.05) is 10.6 Å². The highest BCUT2D eigenvalue weighted by atomic mass is 16.4. The Morgan fingerprint density at radius 3 is 1.94 bits per heavy atom. The first-order valence-electron chi connectivity index (χ1n) is 5.34. The fourth-order valence-electron chi connectivity index (χ4n) is 1.45.